The number of amides is 2. The van der Waals surface area contributed by atoms with Gasteiger partial charge in [-0.2, -0.15) is 0 Å². The molecule has 2 heterocycles. The smallest absolute Gasteiger partial charge is 0.326 e. The Labute approximate surface area is 116 Å². The maximum Gasteiger partial charge on any atom is 0.326 e. The first-order chi connectivity index (χ1) is 9.04. The van der Waals surface area contributed by atoms with Crippen LogP contribution in [-0.4, -0.2) is 34.6 Å². The summed E-state index contributed by atoms with van der Waals surface area (Å²) < 4.78 is 0. The highest BCUT2D eigenvalue weighted by Crippen LogP contribution is 2.32. The molecule has 5 nitrogen and oxygen atoms in total. The number of hydrogen-bond donors (Lipinski definition) is 2. The predicted octanol–water partition coefficient (Wildman–Crippen LogP) is 2.24. The second-order valence-electron chi connectivity index (χ2n) is 4.67. The lowest BCUT2D eigenvalue weighted by atomic mass is 10.0. The van der Waals surface area contributed by atoms with Crippen molar-refractivity contribution in [2.45, 2.75) is 38.8 Å². The lowest BCUT2D eigenvalue weighted by Gasteiger charge is -2.34. The molecule has 6 heteroatoms. The number of aliphatic carboxylic acids is 1. The van der Waals surface area contributed by atoms with Gasteiger partial charge < -0.3 is 15.3 Å². The highest BCUT2D eigenvalue weighted by Gasteiger charge is 2.30. The van der Waals surface area contributed by atoms with E-state index in [1.807, 2.05) is 18.4 Å². The molecule has 0 spiro atoms. The first-order valence-electron chi connectivity index (χ1n) is 6.40. The standard InChI is InChI=1S/C13H18N2O3S/c1-3-10(12(16)17)14-13(18)15-6-4-11-9(8(15)2)5-7-19-11/h5,7-8,10H,3-4,6H2,1-2H3,(H,14,18)(H,16,17)/t8?,10-/m1/s1. The summed E-state index contributed by atoms with van der Waals surface area (Å²) in [6.07, 6.45) is 1.22. The van der Waals surface area contributed by atoms with Gasteiger partial charge in [-0.1, -0.05) is 6.92 Å². The van der Waals surface area contributed by atoms with Crippen LogP contribution in [0, 0.1) is 0 Å². The van der Waals surface area contributed by atoms with E-state index >= 15 is 0 Å². The molecular weight excluding hydrogens is 264 g/mol. The fraction of sp³-hybridized carbons (Fsp3) is 0.538. The largest absolute Gasteiger partial charge is 0.480 e. The second-order valence-corrected chi connectivity index (χ2v) is 5.67. The molecule has 1 unspecified atom stereocenters. The number of carboxylic acids is 1. The molecule has 1 aliphatic heterocycles. The van der Waals surface area contributed by atoms with Crippen LogP contribution in [0.3, 0.4) is 0 Å². The van der Waals surface area contributed by atoms with Crippen LogP contribution in [0.5, 0.6) is 0 Å². The van der Waals surface area contributed by atoms with Crippen LogP contribution in [-0.2, 0) is 11.2 Å². The average molecular weight is 282 g/mol. The Balaban J connectivity index is 2.07. The molecule has 1 aromatic heterocycles. The van der Waals surface area contributed by atoms with Crippen molar-refractivity contribution in [1.82, 2.24) is 10.2 Å². The van der Waals surface area contributed by atoms with Crippen molar-refractivity contribution in [1.29, 1.82) is 0 Å². The van der Waals surface area contributed by atoms with E-state index in [1.54, 1.807) is 23.2 Å². The van der Waals surface area contributed by atoms with Crippen molar-refractivity contribution < 1.29 is 14.7 Å². The van der Waals surface area contributed by atoms with Crippen molar-refractivity contribution in [3.63, 3.8) is 0 Å². The van der Waals surface area contributed by atoms with Crippen molar-refractivity contribution >= 4 is 23.3 Å². The molecule has 0 saturated carbocycles. The highest BCUT2D eigenvalue weighted by molar-refractivity contribution is 7.10. The first kappa shape index (κ1) is 13.9. The molecule has 0 radical (unpaired) electrons. The molecule has 0 aromatic carbocycles. The lowest BCUT2D eigenvalue weighted by Crippen LogP contribution is -2.50. The number of carbonyl (C=O) groups excluding carboxylic acids is 1. The van der Waals surface area contributed by atoms with Gasteiger partial charge in [-0.05, 0) is 36.8 Å². The van der Waals surface area contributed by atoms with Crippen molar-refractivity contribution in [2.24, 2.45) is 0 Å². The molecule has 104 valence electrons. The average Bonchev–Trinajstić information content (AvgIpc) is 2.84. The van der Waals surface area contributed by atoms with Gasteiger partial charge in [0.25, 0.3) is 0 Å². The van der Waals surface area contributed by atoms with Gasteiger partial charge in [-0.25, -0.2) is 9.59 Å². The third-order valence-electron chi connectivity index (χ3n) is 3.54. The van der Waals surface area contributed by atoms with E-state index in [9.17, 15) is 9.59 Å². The number of nitrogens with one attached hydrogen (secondary N) is 1. The van der Waals surface area contributed by atoms with Gasteiger partial charge in [0, 0.05) is 11.4 Å². The van der Waals surface area contributed by atoms with Gasteiger partial charge in [0.1, 0.15) is 6.04 Å². The molecule has 1 aromatic rings. The number of nitrogens with zero attached hydrogens (tertiary/aromatic N) is 1. The molecule has 2 rings (SSSR count). The number of thiophene rings is 1. The topological polar surface area (TPSA) is 69.6 Å². The zero-order valence-corrected chi connectivity index (χ0v) is 11.9. The van der Waals surface area contributed by atoms with E-state index in [0.717, 1.165) is 6.42 Å². The van der Waals surface area contributed by atoms with Gasteiger partial charge in [-0.15, -0.1) is 11.3 Å². The van der Waals surface area contributed by atoms with E-state index in [-0.39, 0.29) is 12.1 Å². The molecule has 2 atom stereocenters. The SMILES string of the molecule is CC[C@@H](NC(=O)N1CCc2sccc2C1C)C(=O)O. The number of carboxylic acid groups (broad SMARTS) is 1. The Morgan fingerprint density at radius 2 is 2.37 bits per heavy atom. The normalized spacial score (nSPS) is 19.7. The van der Waals surface area contributed by atoms with Gasteiger partial charge in [0.2, 0.25) is 0 Å². The Hall–Kier alpha value is -1.56. The molecule has 0 aliphatic carbocycles. The monoisotopic (exact) mass is 282 g/mol. The lowest BCUT2D eigenvalue weighted by molar-refractivity contribution is -0.139. The fourth-order valence-corrected chi connectivity index (χ4v) is 3.32. The maximum atomic E-state index is 12.2. The Bertz CT molecular complexity index is 486. The van der Waals surface area contributed by atoms with Crippen LogP contribution in [0.15, 0.2) is 11.4 Å². The zero-order valence-electron chi connectivity index (χ0n) is 11.0. The van der Waals surface area contributed by atoms with Gasteiger partial charge in [0.05, 0.1) is 6.04 Å². The molecule has 19 heavy (non-hydrogen) atoms. The fourth-order valence-electron chi connectivity index (χ4n) is 2.36. The van der Waals surface area contributed by atoms with Crippen molar-refractivity contribution in [3.8, 4) is 0 Å². The minimum atomic E-state index is -0.989. The summed E-state index contributed by atoms with van der Waals surface area (Å²) in [6, 6.07) is 0.932. The van der Waals surface area contributed by atoms with Gasteiger partial charge in [0.15, 0.2) is 0 Å². The molecule has 0 bridgehead atoms. The van der Waals surface area contributed by atoms with Crippen molar-refractivity contribution in [2.75, 3.05) is 6.54 Å². The predicted molar refractivity (Wildman–Crippen MR) is 73.4 cm³/mol. The van der Waals surface area contributed by atoms with Crippen molar-refractivity contribution in [3.05, 3.63) is 21.9 Å². The number of fused-ring (bicyclic) bond motifs is 1. The number of rotatable bonds is 3. The Morgan fingerprint density at radius 3 is 3.00 bits per heavy atom. The molecule has 0 saturated heterocycles. The van der Waals surface area contributed by atoms with Gasteiger partial charge in [-0.3, -0.25) is 0 Å². The number of urea groups is 1. The van der Waals surface area contributed by atoms with Crippen LogP contribution in [0.2, 0.25) is 0 Å². The van der Waals surface area contributed by atoms with E-state index in [1.165, 1.54) is 10.4 Å². The summed E-state index contributed by atoms with van der Waals surface area (Å²) in [4.78, 5) is 26.2. The summed E-state index contributed by atoms with van der Waals surface area (Å²) in [5.74, 6) is -0.989. The molecule has 0 fully saturated rings. The Kier molecular flexibility index (Phi) is 4.09. The van der Waals surface area contributed by atoms with Crippen LogP contribution in [0.25, 0.3) is 0 Å². The van der Waals surface area contributed by atoms with E-state index in [4.69, 9.17) is 5.11 Å². The molecule has 2 N–H and O–H groups in total. The highest BCUT2D eigenvalue weighted by atomic mass is 32.1. The van der Waals surface area contributed by atoms with E-state index in [0.29, 0.717) is 13.0 Å². The van der Waals surface area contributed by atoms with E-state index < -0.39 is 12.0 Å². The quantitative estimate of drug-likeness (QED) is 0.893. The minimum absolute atomic E-state index is 0.00120. The van der Waals surface area contributed by atoms with Crippen LogP contribution in [0.1, 0.15) is 36.8 Å². The third-order valence-corrected chi connectivity index (χ3v) is 4.54. The summed E-state index contributed by atoms with van der Waals surface area (Å²) >= 11 is 1.71. The maximum absolute atomic E-state index is 12.2. The van der Waals surface area contributed by atoms with Gasteiger partial charge >= 0.3 is 12.0 Å². The van der Waals surface area contributed by atoms with E-state index in [2.05, 4.69) is 5.32 Å². The Morgan fingerprint density at radius 1 is 1.63 bits per heavy atom. The number of carbonyl (C=O) groups is 2. The summed E-state index contributed by atoms with van der Waals surface area (Å²) in [6.45, 7) is 4.36. The minimum Gasteiger partial charge on any atom is -0.480 e. The summed E-state index contributed by atoms with van der Waals surface area (Å²) in [7, 11) is 0. The first-order valence-corrected chi connectivity index (χ1v) is 7.28. The van der Waals surface area contributed by atoms with Crippen LogP contribution < -0.4 is 5.32 Å². The number of hydrogen-bond acceptors (Lipinski definition) is 3. The molecule has 1 aliphatic rings. The second kappa shape index (κ2) is 5.61. The zero-order chi connectivity index (χ0) is 14.0. The summed E-state index contributed by atoms with van der Waals surface area (Å²) in [5.41, 5.74) is 1.18. The molecule has 2 amide bonds. The molecular formula is C13H18N2O3S. The van der Waals surface area contributed by atoms with Crippen LogP contribution in [0.4, 0.5) is 4.79 Å². The van der Waals surface area contributed by atoms with Crippen LogP contribution >= 0.6 is 11.3 Å². The summed E-state index contributed by atoms with van der Waals surface area (Å²) in [5, 5.41) is 13.6. The third kappa shape index (κ3) is 2.73.